The molecule has 0 aliphatic rings. The van der Waals surface area contributed by atoms with E-state index in [9.17, 15) is 9.59 Å². The number of hydrogen-bond donors (Lipinski definition) is 1. The van der Waals surface area contributed by atoms with Gasteiger partial charge < -0.3 is 4.98 Å². The van der Waals surface area contributed by atoms with E-state index in [1.165, 1.54) is 11.6 Å². The minimum Gasteiger partial charge on any atom is -0.332 e. The number of rotatable bonds is 1. The van der Waals surface area contributed by atoms with Gasteiger partial charge in [0.25, 0.3) is 5.56 Å². The minimum absolute atomic E-state index is 0.305. The minimum atomic E-state index is -0.406. The predicted octanol–water partition coefficient (Wildman–Crippen LogP) is 1.28. The van der Waals surface area contributed by atoms with Crippen molar-refractivity contribution >= 4 is 22.8 Å². The second-order valence-electron chi connectivity index (χ2n) is 4.50. The number of H-pyrrole nitrogens is 1. The van der Waals surface area contributed by atoms with Gasteiger partial charge in [-0.1, -0.05) is 11.6 Å². The van der Waals surface area contributed by atoms with Crippen LogP contribution in [0.2, 0.25) is 5.02 Å². The fourth-order valence-electron chi connectivity index (χ4n) is 2.07. The number of aryl methyl sites for hydroxylation is 1. The summed E-state index contributed by atoms with van der Waals surface area (Å²) in [6.07, 6.45) is 0. The molecule has 0 spiro atoms. The summed E-state index contributed by atoms with van der Waals surface area (Å²) in [4.78, 5) is 31.2. The molecule has 1 aromatic carbocycles. The summed E-state index contributed by atoms with van der Waals surface area (Å²) < 4.78 is 2.39. The summed E-state index contributed by atoms with van der Waals surface area (Å²) in [6, 6.07) is 7.06. The predicted molar refractivity (Wildman–Crippen MR) is 77.0 cm³/mol. The molecule has 0 saturated carbocycles. The summed E-state index contributed by atoms with van der Waals surface area (Å²) in [5.41, 5.74) is 0.634. The van der Waals surface area contributed by atoms with E-state index < -0.39 is 11.2 Å². The van der Waals surface area contributed by atoms with E-state index in [0.29, 0.717) is 22.0 Å². The van der Waals surface area contributed by atoms with Crippen molar-refractivity contribution in [3.63, 3.8) is 0 Å². The highest BCUT2D eigenvalue weighted by atomic mass is 35.5. The lowest BCUT2D eigenvalue weighted by atomic mass is 10.2. The second-order valence-corrected chi connectivity index (χ2v) is 4.93. The number of aromatic nitrogens is 4. The van der Waals surface area contributed by atoms with E-state index in [0.717, 1.165) is 10.1 Å². The molecular formula is C13H11ClN4O2. The normalized spacial score (nSPS) is 11.2. The number of benzene rings is 1. The van der Waals surface area contributed by atoms with E-state index >= 15 is 0 Å². The van der Waals surface area contributed by atoms with Crippen molar-refractivity contribution in [3.05, 3.63) is 50.1 Å². The van der Waals surface area contributed by atoms with E-state index in [1.807, 2.05) is 0 Å². The number of nitrogens with zero attached hydrogens (tertiary/aromatic N) is 3. The first-order valence-corrected chi connectivity index (χ1v) is 6.28. The summed E-state index contributed by atoms with van der Waals surface area (Å²) in [5.74, 6) is 0.523. The standard InChI is InChI=1S/C13H11ClN4O2/c1-17-11-9(12(19)18(2)13(17)20)15-10(16-11)7-3-5-8(14)6-4-7/h3-6H,1-2H3,(H,15,16). The van der Waals surface area contributed by atoms with Crippen molar-refractivity contribution in [2.45, 2.75) is 0 Å². The zero-order valence-corrected chi connectivity index (χ0v) is 11.6. The van der Waals surface area contributed by atoms with Gasteiger partial charge in [0.2, 0.25) is 0 Å². The molecule has 6 nitrogen and oxygen atoms in total. The largest absolute Gasteiger partial charge is 0.332 e. The molecule has 0 fully saturated rings. The molecule has 20 heavy (non-hydrogen) atoms. The first-order valence-electron chi connectivity index (χ1n) is 5.90. The zero-order chi connectivity index (χ0) is 14.4. The Morgan fingerprint density at radius 2 is 1.75 bits per heavy atom. The topological polar surface area (TPSA) is 72.7 Å². The molecule has 0 amide bonds. The molecule has 0 unspecified atom stereocenters. The van der Waals surface area contributed by atoms with Crippen LogP contribution in [0.15, 0.2) is 33.9 Å². The molecule has 0 bridgehead atoms. The molecule has 0 saturated heterocycles. The van der Waals surface area contributed by atoms with Gasteiger partial charge in [-0.15, -0.1) is 0 Å². The number of nitrogens with one attached hydrogen (secondary N) is 1. The van der Waals surface area contributed by atoms with Crippen molar-refractivity contribution in [2.75, 3.05) is 0 Å². The Labute approximate surface area is 118 Å². The molecule has 2 heterocycles. The number of hydrogen-bond acceptors (Lipinski definition) is 3. The van der Waals surface area contributed by atoms with Gasteiger partial charge in [-0.05, 0) is 24.3 Å². The average molecular weight is 291 g/mol. The monoisotopic (exact) mass is 290 g/mol. The molecule has 2 aromatic heterocycles. The van der Waals surface area contributed by atoms with Crippen LogP contribution in [0.1, 0.15) is 0 Å². The molecule has 0 radical (unpaired) electrons. The third-order valence-corrected chi connectivity index (χ3v) is 3.46. The Bertz CT molecular complexity index is 918. The molecular weight excluding hydrogens is 280 g/mol. The summed E-state index contributed by atoms with van der Waals surface area (Å²) >= 11 is 5.84. The third kappa shape index (κ3) is 1.77. The molecule has 0 aliphatic carbocycles. The third-order valence-electron chi connectivity index (χ3n) is 3.21. The number of halogens is 1. The van der Waals surface area contributed by atoms with Crippen LogP contribution in [0.25, 0.3) is 22.6 Å². The smallest absolute Gasteiger partial charge is 0.332 e. The van der Waals surface area contributed by atoms with Gasteiger partial charge in [0.15, 0.2) is 5.65 Å². The molecule has 3 aromatic rings. The van der Waals surface area contributed by atoms with Crippen LogP contribution in [-0.2, 0) is 14.1 Å². The highest BCUT2D eigenvalue weighted by Gasteiger charge is 2.14. The van der Waals surface area contributed by atoms with Crippen molar-refractivity contribution in [2.24, 2.45) is 14.1 Å². The lowest BCUT2D eigenvalue weighted by Gasteiger charge is -2.00. The van der Waals surface area contributed by atoms with Crippen LogP contribution in [0.3, 0.4) is 0 Å². The number of aromatic amines is 1. The summed E-state index contributed by atoms with van der Waals surface area (Å²) in [5, 5.41) is 0.619. The van der Waals surface area contributed by atoms with Gasteiger partial charge in [0.05, 0.1) is 0 Å². The highest BCUT2D eigenvalue weighted by Crippen LogP contribution is 2.20. The Morgan fingerprint density at radius 3 is 2.40 bits per heavy atom. The quantitative estimate of drug-likeness (QED) is 0.734. The fourth-order valence-corrected chi connectivity index (χ4v) is 2.20. The maximum Gasteiger partial charge on any atom is 0.332 e. The van der Waals surface area contributed by atoms with Crippen LogP contribution >= 0.6 is 11.6 Å². The van der Waals surface area contributed by atoms with Crippen molar-refractivity contribution < 1.29 is 0 Å². The maximum atomic E-state index is 12.1. The van der Waals surface area contributed by atoms with Crippen LogP contribution in [0.4, 0.5) is 0 Å². The Hall–Kier alpha value is -2.34. The number of imidazole rings is 1. The van der Waals surface area contributed by atoms with Crippen molar-refractivity contribution in [3.8, 4) is 11.4 Å². The first kappa shape index (κ1) is 12.7. The Balaban J connectivity index is 2.34. The zero-order valence-electron chi connectivity index (χ0n) is 10.8. The van der Waals surface area contributed by atoms with Gasteiger partial charge in [-0.25, -0.2) is 9.78 Å². The Kier molecular flexibility index (Phi) is 2.76. The van der Waals surface area contributed by atoms with E-state index in [2.05, 4.69) is 9.97 Å². The molecule has 1 N–H and O–H groups in total. The van der Waals surface area contributed by atoms with Crippen LogP contribution in [0, 0.1) is 0 Å². The van der Waals surface area contributed by atoms with Crippen LogP contribution in [0.5, 0.6) is 0 Å². The molecule has 102 valence electrons. The lowest BCUT2D eigenvalue weighted by molar-refractivity contribution is 0.709. The van der Waals surface area contributed by atoms with Crippen molar-refractivity contribution in [1.29, 1.82) is 0 Å². The number of fused-ring (bicyclic) bond motifs is 1. The van der Waals surface area contributed by atoms with Crippen LogP contribution < -0.4 is 11.2 Å². The molecule has 0 aliphatic heterocycles. The van der Waals surface area contributed by atoms with Gasteiger partial charge >= 0.3 is 5.69 Å². The maximum absolute atomic E-state index is 12.1. The summed E-state index contributed by atoms with van der Waals surface area (Å²) in [6.45, 7) is 0. The van der Waals surface area contributed by atoms with Gasteiger partial charge in [-0.3, -0.25) is 13.9 Å². The highest BCUT2D eigenvalue weighted by molar-refractivity contribution is 6.30. The fraction of sp³-hybridized carbons (Fsp3) is 0.154. The Morgan fingerprint density at radius 1 is 1.10 bits per heavy atom. The molecule has 7 heteroatoms. The summed E-state index contributed by atoms with van der Waals surface area (Å²) in [7, 11) is 3.02. The van der Waals surface area contributed by atoms with Crippen LogP contribution in [-0.4, -0.2) is 19.1 Å². The van der Waals surface area contributed by atoms with Gasteiger partial charge in [0, 0.05) is 24.7 Å². The van der Waals surface area contributed by atoms with Gasteiger partial charge in [0.1, 0.15) is 11.3 Å². The molecule has 3 rings (SSSR count). The SMILES string of the molecule is Cn1c(=O)c2[nH]c(-c3ccc(Cl)cc3)nc2n(C)c1=O. The first-order chi connectivity index (χ1) is 9.49. The average Bonchev–Trinajstić information content (AvgIpc) is 2.89. The molecule has 0 atom stereocenters. The van der Waals surface area contributed by atoms with Gasteiger partial charge in [-0.2, -0.15) is 0 Å². The second kappa shape index (κ2) is 4.35. The van der Waals surface area contributed by atoms with E-state index in [1.54, 1.807) is 31.3 Å². The van der Waals surface area contributed by atoms with E-state index in [4.69, 9.17) is 11.6 Å². The lowest BCUT2D eigenvalue weighted by Crippen LogP contribution is -2.36. The van der Waals surface area contributed by atoms with Crippen molar-refractivity contribution in [1.82, 2.24) is 19.1 Å². The van der Waals surface area contributed by atoms with E-state index in [-0.39, 0.29) is 0 Å².